The molecule has 1 N–H and O–H groups in total. The van der Waals surface area contributed by atoms with Crippen LogP contribution in [-0.4, -0.2) is 6.04 Å². The number of halogens is 1. The minimum Gasteiger partial charge on any atom is -0.457 e. The Labute approximate surface area is 126 Å². The van der Waals surface area contributed by atoms with Gasteiger partial charge in [0.15, 0.2) is 0 Å². The molecule has 0 fully saturated rings. The summed E-state index contributed by atoms with van der Waals surface area (Å²) < 4.78 is 19.4. The van der Waals surface area contributed by atoms with Crippen molar-refractivity contribution in [2.24, 2.45) is 0 Å². The predicted octanol–water partition coefficient (Wildman–Crippen LogP) is 4.73. The summed E-state index contributed by atoms with van der Waals surface area (Å²) in [5.74, 6) is 1.25. The van der Waals surface area contributed by atoms with Crippen molar-refractivity contribution in [1.29, 1.82) is 0 Å². The van der Waals surface area contributed by atoms with Gasteiger partial charge in [-0.1, -0.05) is 31.5 Å². The maximum absolute atomic E-state index is 13.5. The Kier molecular flexibility index (Phi) is 4.97. The van der Waals surface area contributed by atoms with Crippen LogP contribution in [0.25, 0.3) is 0 Å². The molecular weight excluding hydrogens is 265 g/mol. The monoisotopic (exact) mass is 287 g/mol. The highest BCUT2D eigenvalue weighted by Gasteiger charge is 2.09. The number of hydrogen-bond donors (Lipinski definition) is 1. The number of hydrogen-bond acceptors (Lipinski definition) is 2. The van der Waals surface area contributed by atoms with Gasteiger partial charge in [0.2, 0.25) is 0 Å². The second-order valence-corrected chi connectivity index (χ2v) is 5.66. The molecule has 0 spiro atoms. The van der Waals surface area contributed by atoms with Crippen LogP contribution in [0.2, 0.25) is 0 Å². The smallest absolute Gasteiger partial charge is 0.132 e. The molecule has 0 aromatic heterocycles. The largest absolute Gasteiger partial charge is 0.457 e. The van der Waals surface area contributed by atoms with Crippen molar-refractivity contribution in [2.75, 3.05) is 0 Å². The van der Waals surface area contributed by atoms with Gasteiger partial charge >= 0.3 is 0 Å². The van der Waals surface area contributed by atoms with Crippen molar-refractivity contribution in [1.82, 2.24) is 5.32 Å². The number of rotatable bonds is 5. The maximum atomic E-state index is 13.5. The van der Waals surface area contributed by atoms with E-state index in [2.05, 4.69) is 25.2 Å². The SMILES string of the molecule is Cc1ccc(Oc2ccc(F)cc2CNC(C)C)c(C)c1. The summed E-state index contributed by atoms with van der Waals surface area (Å²) >= 11 is 0. The van der Waals surface area contributed by atoms with E-state index in [-0.39, 0.29) is 5.82 Å². The van der Waals surface area contributed by atoms with E-state index in [0.717, 1.165) is 16.9 Å². The zero-order chi connectivity index (χ0) is 15.4. The van der Waals surface area contributed by atoms with Crippen molar-refractivity contribution in [3.8, 4) is 11.5 Å². The van der Waals surface area contributed by atoms with Crippen LogP contribution in [0.4, 0.5) is 4.39 Å². The Hall–Kier alpha value is -1.87. The van der Waals surface area contributed by atoms with E-state index < -0.39 is 0 Å². The van der Waals surface area contributed by atoms with Gasteiger partial charge < -0.3 is 10.1 Å². The molecule has 0 amide bonds. The summed E-state index contributed by atoms with van der Waals surface area (Å²) in [7, 11) is 0. The number of benzene rings is 2. The minimum atomic E-state index is -0.247. The van der Waals surface area contributed by atoms with Crippen LogP contribution in [0.15, 0.2) is 36.4 Å². The summed E-state index contributed by atoms with van der Waals surface area (Å²) in [6.07, 6.45) is 0. The molecule has 2 aromatic rings. The molecule has 0 atom stereocenters. The fourth-order valence-electron chi connectivity index (χ4n) is 2.13. The van der Waals surface area contributed by atoms with E-state index in [1.807, 2.05) is 26.0 Å². The first-order chi connectivity index (χ1) is 9.95. The van der Waals surface area contributed by atoms with Gasteiger partial charge in [0.1, 0.15) is 17.3 Å². The standard InChI is InChI=1S/C18H22FNO/c1-12(2)20-11-15-10-16(19)6-8-18(15)21-17-7-5-13(3)9-14(17)4/h5-10,12,20H,11H2,1-4H3. The lowest BCUT2D eigenvalue weighted by atomic mass is 10.1. The van der Waals surface area contributed by atoms with Gasteiger partial charge in [-0.3, -0.25) is 0 Å². The van der Waals surface area contributed by atoms with Gasteiger partial charge in [0, 0.05) is 18.2 Å². The van der Waals surface area contributed by atoms with Crippen LogP contribution in [0, 0.1) is 19.7 Å². The molecule has 0 aliphatic rings. The molecule has 0 aliphatic carbocycles. The Bertz CT molecular complexity index is 623. The summed E-state index contributed by atoms with van der Waals surface area (Å²) in [6.45, 7) is 8.76. The third-order valence-electron chi connectivity index (χ3n) is 3.27. The van der Waals surface area contributed by atoms with E-state index in [9.17, 15) is 4.39 Å². The van der Waals surface area contributed by atoms with Gasteiger partial charge in [0.25, 0.3) is 0 Å². The highest BCUT2D eigenvalue weighted by molar-refractivity contribution is 5.42. The van der Waals surface area contributed by atoms with Crippen LogP contribution in [0.1, 0.15) is 30.5 Å². The predicted molar refractivity (Wildman–Crippen MR) is 84.4 cm³/mol. The number of ether oxygens (including phenoxy) is 1. The minimum absolute atomic E-state index is 0.247. The lowest BCUT2D eigenvalue weighted by molar-refractivity contribution is 0.463. The van der Waals surface area contributed by atoms with Gasteiger partial charge in [-0.05, 0) is 43.7 Å². The van der Waals surface area contributed by atoms with Gasteiger partial charge in [-0.2, -0.15) is 0 Å². The fourth-order valence-corrected chi connectivity index (χ4v) is 2.13. The van der Waals surface area contributed by atoms with Crippen molar-refractivity contribution in [3.63, 3.8) is 0 Å². The molecule has 2 rings (SSSR count). The molecule has 3 heteroatoms. The molecule has 0 unspecified atom stereocenters. The Morgan fingerprint density at radius 2 is 1.76 bits per heavy atom. The van der Waals surface area contributed by atoms with E-state index in [0.29, 0.717) is 18.3 Å². The van der Waals surface area contributed by atoms with Crippen molar-refractivity contribution >= 4 is 0 Å². The average molecular weight is 287 g/mol. The first-order valence-corrected chi connectivity index (χ1v) is 7.22. The fraction of sp³-hybridized carbons (Fsp3) is 0.333. The molecular formula is C18H22FNO. The second kappa shape index (κ2) is 6.72. The lowest BCUT2D eigenvalue weighted by Crippen LogP contribution is -2.22. The van der Waals surface area contributed by atoms with Crippen molar-refractivity contribution in [2.45, 2.75) is 40.3 Å². The summed E-state index contributed by atoms with van der Waals surface area (Å²) in [5.41, 5.74) is 3.09. The third kappa shape index (κ3) is 4.30. The van der Waals surface area contributed by atoms with Crippen molar-refractivity contribution < 1.29 is 9.13 Å². The van der Waals surface area contributed by atoms with Crippen molar-refractivity contribution in [3.05, 3.63) is 58.9 Å². The van der Waals surface area contributed by atoms with Crippen LogP contribution < -0.4 is 10.1 Å². The topological polar surface area (TPSA) is 21.3 Å². The quantitative estimate of drug-likeness (QED) is 0.858. The summed E-state index contributed by atoms with van der Waals surface area (Å²) in [6, 6.07) is 11.0. The van der Waals surface area contributed by atoms with Crippen LogP contribution >= 0.6 is 0 Å². The second-order valence-electron chi connectivity index (χ2n) is 5.66. The maximum Gasteiger partial charge on any atom is 0.132 e. The summed E-state index contributed by atoms with van der Waals surface area (Å²) in [4.78, 5) is 0. The molecule has 0 saturated carbocycles. The number of nitrogens with one attached hydrogen (secondary N) is 1. The molecule has 0 bridgehead atoms. The van der Waals surface area contributed by atoms with Gasteiger partial charge in [-0.15, -0.1) is 0 Å². The Morgan fingerprint density at radius 3 is 2.43 bits per heavy atom. The third-order valence-corrected chi connectivity index (χ3v) is 3.27. The van der Waals surface area contributed by atoms with Gasteiger partial charge in [-0.25, -0.2) is 4.39 Å². The van der Waals surface area contributed by atoms with Crippen LogP contribution in [0.5, 0.6) is 11.5 Å². The van der Waals surface area contributed by atoms with Crippen LogP contribution in [0.3, 0.4) is 0 Å². The molecule has 0 saturated heterocycles. The zero-order valence-electron chi connectivity index (χ0n) is 13.0. The molecule has 0 heterocycles. The molecule has 0 aliphatic heterocycles. The molecule has 21 heavy (non-hydrogen) atoms. The molecule has 112 valence electrons. The Morgan fingerprint density at radius 1 is 1.05 bits per heavy atom. The lowest BCUT2D eigenvalue weighted by Gasteiger charge is -2.15. The van der Waals surface area contributed by atoms with E-state index >= 15 is 0 Å². The van der Waals surface area contributed by atoms with E-state index in [1.54, 1.807) is 6.07 Å². The highest BCUT2D eigenvalue weighted by atomic mass is 19.1. The molecule has 2 nitrogen and oxygen atoms in total. The molecule has 2 aromatic carbocycles. The first kappa shape index (κ1) is 15.5. The Balaban J connectivity index is 2.26. The first-order valence-electron chi connectivity index (χ1n) is 7.22. The average Bonchev–Trinajstić information content (AvgIpc) is 2.41. The van der Waals surface area contributed by atoms with E-state index in [1.165, 1.54) is 17.7 Å². The van der Waals surface area contributed by atoms with E-state index in [4.69, 9.17) is 4.74 Å². The number of aryl methyl sites for hydroxylation is 2. The van der Waals surface area contributed by atoms with Crippen LogP contribution in [-0.2, 0) is 6.54 Å². The highest BCUT2D eigenvalue weighted by Crippen LogP contribution is 2.29. The summed E-state index contributed by atoms with van der Waals surface area (Å²) in [5, 5.41) is 3.29. The zero-order valence-corrected chi connectivity index (χ0v) is 13.0. The molecule has 0 radical (unpaired) electrons. The van der Waals surface area contributed by atoms with Gasteiger partial charge in [0.05, 0.1) is 0 Å². The normalized spacial score (nSPS) is 11.0.